The summed E-state index contributed by atoms with van der Waals surface area (Å²) in [6.45, 7) is 2.28. The number of fused-ring (bicyclic) bond motifs is 1. The molecule has 4 nitrogen and oxygen atoms in total. The van der Waals surface area contributed by atoms with Gasteiger partial charge in [0.1, 0.15) is 12.4 Å². The molecular weight excluding hydrogens is 240 g/mol. The van der Waals surface area contributed by atoms with E-state index < -0.39 is 0 Å². The van der Waals surface area contributed by atoms with Crippen molar-refractivity contribution in [2.75, 3.05) is 19.7 Å². The number of hydrogen-bond acceptors (Lipinski definition) is 3. The number of amides is 1. The Labute approximate surface area is 113 Å². The van der Waals surface area contributed by atoms with Gasteiger partial charge >= 0.3 is 0 Å². The van der Waals surface area contributed by atoms with Gasteiger partial charge < -0.3 is 15.4 Å². The number of ether oxygens (including phenoxy) is 1. The monoisotopic (exact) mass is 260 g/mol. The first-order valence-electron chi connectivity index (χ1n) is 7.05. The van der Waals surface area contributed by atoms with Crippen molar-refractivity contribution in [1.82, 2.24) is 4.90 Å². The maximum Gasteiger partial charge on any atom is 0.254 e. The van der Waals surface area contributed by atoms with Gasteiger partial charge in [-0.05, 0) is 37.8 Å². The fourth-order valence-electron chi connectivity index (χ4n) is 2.90. The predicted molar refractivity (Wildman–Crippen MR) is 73.4 cm³/mol. The van der Waals surface area contributed by atoms with Crippen LogP contribution in [0.3, 0.4) is 0 Å². The normalized spacial score (nSPS) is 22.6. The van der Waals surface area contributed by atoms with Crippen molar-refractivity contribution in [3.8, 4) is 5.75 Å². The number of likely N-dealkylation sites (tertiary alicyclic amines) is 1. The number of nitrogens with zero attached hydrogens (tertiary/aromatic N) is 1. The summed E-state index contributed by atoms with van der Waals surface area (Å²) in [6, 6.07) is 5.71. The quantitative estimate of drug-likeness (QED) is 0.834. The standard InChI is InChI=1S/C15H20N2O2/c16-11-9-13-12(5-4-6-14(13)19-10-11)15(18)17-7-2-1-3-8-17/h4-6,11H,1-3,7-10,16H2. The molecule has 1 aromatic rings. The summed E-state index contributed by atoms with van der Waals surface area (Å²) in [4.78, 5) is 14.6. The molecule has 2 N–H and O–H groups in total. The number of piperidine rings is 1. The lowest BCUT2D eigenvalue weighted by molar-refractivity contribution is 0.0721. The fraction of sp³-hybridized carbons (Fsp3) is 0.533. The molecule has 0 bridgehead atoms. The molecule has 0 aromatic heterocycles. The summed E-state index contributed by atoms with van der Waals surface area (Å²) < 4.78 is 5.62. The number of benzene rings is 1. The summed E-state index contributed by atoms with van der Waals surface area (Å²) in [5.74, 6) is 0.957. The Morgan fingerprint density at radius 3 is 2.84 bits per heavy atom. The van der Waals surface area contributed by atoms with Crippen LogP contribution in [0.4, 0.5) is 0 Å². The zero-order valence-corrected chi connectivity index (χ0v) is 11.1. The van der Waals surface area contributed by atoms with E-state index >= 15 is 0 Å². The SMILES string of the molecule is NC1COc2cccc(C(=O)N3CCCCC3)c2C1. The van der Waals surface area contributed by atoms with E-state index in [4.69, 9.17) is 10.5 Å². The van der Waals surface area contributed by atoms with Gasteiger partial charge in [0.2, 0.25) is 0 Å². The first-order valence-corrected chi connectivity index (χ1v) is 7.05. The van der Waals surface area contributed by atoms with E-state index in [9.17, 15) is 4.79 Å². The van der Waals surface area contributed by atoms with Gasteiger partial charge in [0.25, 0.3) is 5.91 Å². The Balaban J connectivity index is 1.89. The van der Waals surface area contributed by atoms with Crippen molar-refractivity contribution in [3.63, 3.8) is 0 Å². The Bertz CT molecular complexity index is 481. The lowest BCUT2D eigenvalue weighted by atomic mass is 9.96. The Morgan fingerprint density at radius 1 is 1.26 bits per heavy atom. The molecule has 1 saturated heterocycles. The average Bonchev–Trinajstić information content (AvgIpc) is 2.47. The molecule has 2 heterocycles. The van der Waals surface area contributed by atoms with Crippen molar-refractivity contribution >= 4 is 5.91 Å². The molecule has 1 atom stereocenters. The van der Waals surface area contributed by atoms with Gasteiger partial charge in [-0.25, -0.2) is 0 Å². The number of carbonyl (C=O) groups is 1. The highest BCUT2D eigenvalue weighted by molar-refractivity contribution is 5.96. The fourth-order valence-corrected chi connectivity index (χ4v) is 2.90. The summed E-state index contributed by atoms with van der Waals surface area (Å²) in [5, 5.41) is 0. The van der Waals surface area contributed by atoms with Crippen LogP contribution in [0.1, 0.15) is 35.2 Å². The van der Waals surface area contributed by atoms with Crippen LogP contribution in [0.5, 0.6) is 5.75 Å². The van der Waals surface area contributed by atoms with Crippen molar-refractivity contribution in [2.24, 2.45) is 5.73 Å². The Kier molecular flexibility index (Phi) is 3.42. The smallest absolute Gasteiger partial charge is 0.254 e. The minimum atomic E-state index is -0.0113. The van der Waals surface area contributed by atoms with Gasteiger partial charge in [0, 0.05) is 30.3 Å². The summed E-state index contributed by atoms with van der Waals surface area (Å²) in [6.07, 6.45) is 4.17. The topological polar surface area (TPSA) is 55.6 Å². The molecule has 19 heavy (non-hydrogen) atoms. The van der Waals surface area contributed by atoms with Gasteiger partial charge in [0.05, 0.1) is 0 Å². The minimum Gasteiger partial charge on any atom is -0.492 e. The maximum atomic E-state index is 12.6. The molecule has 1 unspecified atom stereocenters. The molecule has 3 rings (SSSR count). The molecule has 2 aliphatic rings. The summed E-state index contributed by atoms with van der Waals surface area (Å²) in [5.41, 5.74) is 7.70. The third kappa shape index (κ3) is 2.45. The highest BCUT2D eigenvalue weighted by Gasteiger charge is 2.25. The lowest BCUT2D eigenvalue weighted by Crippen LogP contribution is -2.38. The number of hydrogen-bond donors (Lipinski definition) is 1. The van der Waals surface area contributed by atoms with E-state index in [2.05, 4.69) is 0 Å². The van der Waals surface area contributed by atoms with Crippen molar-refractivity contribution in [1.29, 1.82) is 0 Å². The third-order valence-corrected chi connectivity index (χ3v) is 3.93. The molecule has 0 spiro atoms. The van der Waals surface area contributed by atoms with Crippen LogP contribution in [0.2, 0.25) is 0 Å². The maximum absolute atomic E-state index is 12.6. The predicted octanol–water partition coefficient (Wildman–Crippen LogP) is 1.57. The highest BCUT2D eigenvalue weighted by atomic mass is 16.5. The van der Waals surface area contributed by atoms with Crippen molar-refractivity contribution in [2.45, 2.75) is 31.7 Å². The van der Waals surface area contributed by atoms with E-state index in [-0.39, 0.29) is 11.9 Å². The van der Waals surface area contributed by atoms with Gasteiger partial charge in [-0.2, -0.15) is 0 Å². The summed E-state index contributed by atoms with van der Waals surface area (Å²) in [7, 11) is 0. The van der Waals surface area contributed by atoms with Gasteiger partial charge in [-0.15, -0.1) is 0 Å². The van der Waals surface area contributed by atoms with E-state index in [0.717, 1.165) is 49.2 Å². The van der Waals surface area contributed by atoms with Crippen molar-refractivity contribution in [3.05, 3.63) is 29.3 Å². The molecule has 0 radical (unpaired) electrons. The first kappa shape index (κ1) is 12.5. The zero-order valence-electron chi connectivity index (χ0n) is 11.1. The van der Waals surface area contributed by atoms with Gasteiger partial charge in [-0.1, -0.05) is 6.07 Å². The van der Waals surface area contributed by atoms with E-state index in [1.54, 1.807) is 0 Å². The Morgan fingerprint density at radius 2 is 2.05 bits per heavy atom. The Hall–Kier alpha value is -1.55. The number of rotatable bonds is 1. The van der Waals surface area contributed by atoms with Crippen LogP contribution in [0.25, 0.3) is 0 Å². The van der Waals surface area contributed by atoms with Crippen LogP contribution in [-0.4, -0.2) is 36.5 Å². The first-order chi connectivity index (χ1) is 9.25. The molecule has 1 amide bonds. The molecule has 102 valence electrons. The average molecular weight is 260 g/mol. The third-order valence-electron chi connectivity index (χ3n) is 3.93. The molecule has 1 aromatic carbocycles. The van der Waals surface area contributed by atoms with E-state index in [0.29, 0.717) is 6.61 Å². The molecule has 0 saturated carbocycles. The zero-order chi connectivity index (χ0) is 13.2. The molecular formula is C15H20N2O2. The molecule has 0 aliphatic carbocycles. The van der Waals surface area contributed by atoms with Crippen molar-refractivity contribution < 1.29 is 9.53 Å². The van der Waals surface area contributed by atoms with Crippen LogP contribution < -0.4 is 10.5 Å². The lowest BCUT2D eigenvalue weighted by Gasteiger charge is -2.29. The largest absolute Gasteiger partial charge is 0.492 e. The minimum absolute atomic E-state index is 0.0113. The molecule has 2 aliphatic heterocycles. The summed E-state index contributed by atoms with van der Waals surface area (Å²) >= 11 is 0. The second-order valence-corrected chi connectivity index (χ2v) is 5.41. The van der Waals surface area contributed by atoms with E-state index in [1.165, 1.54) is 6.42 Å². The number of nitrogens with two attached hydrogens (primary N) is 1. The van der Waals surface area contributed by atoms with Crippen LogP contribution >= 0.6 is 0 Å². The van der Waals surface area contributed by atoms with Crippen LogP contribution in [-0.2, 0) is 6.42 Å². The molecule has 1 fully saturated rings. The van der Waals surface area contributed by atoms with Crippen LogP contribution in [0.15, 0.2) is 18.2 Å². The molecule has 4 heteroatoms. The van der Waals surface area contributed by atoms with E-state index in [1.807, 2.05) is 23.1 Å². The van der Waals surface area contributed by atoms with Gasteiger partial charge in [0.15, 0.2) is 0 Å². The highest BCUT2D eigenvalue weighted by Crippen LogP contribution is 2.28. The van der Waals surface area contributed by atoms with Gasteiger partial charge in [-0.3, -0.25) is 4.79 Å². The van der Waals surface area contributed by atoms with Crippen LogP contribution in [0, 0.1) is 0 Å². The number of carbonyl (C=O) groups excluding carboxylic acids is 1. The second-order valence-electron chi connectivity index (χ2n) is 5.41. The second kappa shape index (κ2) is 5.21.